The molecule has 2 rings (SSSR count). The van der Waals surface area contributed by atoms with E-state index in [-0.39, 0.29) is 28.6 Å². The van der Waals surface area contributed by atoms with Crippen LogP contribution in [-0.4, -0.2) is 49.4 Å². The van der Waals surface area contributed by atoms with Crippen LogP contribution in [0, 0.1) is 5.82 Å². The van der Waals surface area contributed by atoms with E-state index < -0.39 is 43.1 Å². The quantitative estimate of drug-likeness (QED) is 0.418. The predicted molar refractivity (Wildman–Crippen MR) is 111 cm³/mol. The van der Waals surface area contributed by atoms with Gasteiger partial charge in [-0.05, 0) is 24.6 Å². The average molecular weight is 469 g/mol. The van der Waals surface area contributed by atoms with E-state index in [2.05, 4.69) is 10.3 Å². The molecule has 1 atom stereocenters. The van der Waals surface area contributed by atoms with Crippen molar-refractivity contribution in [3.63, 3.8) is 0 Å². The molecular weight excluding hydrogens is 447 g/mol. The van der Waals surface area contributed by atoms with Gasteiger partial charge < -0.3 is 24.3 Å². The molecular formula is C21H22ClFN2O7. The molecule has 0 saturated carbocycles. The molecule has 0 saturated heterocycles. The number of nitrogens with one attached hydrogen (secondary N) is 1. The molecule has 1 unspecified atom stereocenters. The number of pyridine rings is 1. The smallest absolute Gasteiger partial charge is 0.325 e. The van der Waals surface area contributed by atoms with Crippen LogP contribution < -0.4 is 14.8 Å². The monoisotopic (exact) mass is 468 g/mol. The van der Waals surface area contributed by atoms with Gasteiger partial charge in [0.05, 0.1) is 7.11 Å². The number of methoxy groups -OCH3 is 1. The van der Waals surface area contributed by atoms with E-state index >= 15 is 0 Å². The van der Waals surface area contributed by atoms with Crippen molar-refractivity contribution < 1.29 is 37.7 Å². The number of halogens is 2. The van der Waals surface area contributed by atoms with Gasteiger partial charge in [0.2, 0.25) is 6.79 Å². The van der Waals surface area contributed by atoms with Gasteiger partial charge in [-0.15, -0.1) is 0 Å². The van der Waals surface area contributed by atoms with Crippen molar-refractivity contribution in [2.45, 2.75) is 26.4 Å². The van der Waals surface area contributed by atoms with Crippen molar-refractivity contribution in [2.75, 3.05) is 20.4 Å². The van der Waals surface area contributed by atoms with E-state index in [4.69, 9.17) is 30.5 Å². The molecule has 0 fully saturated rings. The van der Waals surface area contributed by atoms with E-state index in [1.807, 2.05) is 0 Å². The fourth-order valence-corrected chi connectivity index (χ4v) is 2.85. The summed E-state index contributed by atoms with van der Waals surface area (Å²) >= 11 is 5.98. The molecule has 0 bridgehead atoms. The first-order chi connectivity index (χ1) is 15.2. The number of nitrogens with zero attached hydrogens (tertiary/aromatic N) is 1. The Labute approximate surface area is 188 Å². The van der Waals surface area contributed by atoms with Crippen LogP contribution in [0.3, 0.4) is 0 Å². The Morgan fingerprint density at radius 1 is 1.25 bits per heavy atom. The summed E-state index contributed by atoms with van der Waals surface area (Å²) < 4.78 is 33.5. The minimum Gasteiger partial charge on any atom is -0.493 e. The lowest BCUT2D eigenvalue weighted by Gasteiger charge is -2.15. The topological polar surface area (TPSA) is 113 Å². The lowest BCUT2D eigenvalue weighted by Crippen LogP contribution is -2.33. The van der Waals surface area contributed by atoms with Crippen LogP contribution in [-0.2, 0) is 25.5 Å². The molecule has 1 N–H and O–H groups in total. The number of benzene rings is 1. The molecule has 0 radical (unpaired) electrons. The summed E-state index contributed by atoms with van der Waals surface area (Å²) in [5, 5.41) is 2.61. The molecule has 172 valence electrons. The maximum absolute atomic E-state index is 13.1. The van der Waals surface area contributed by atoms with Crippen LogP contribution in [0.1, 0.15) is 29.9 Å². The first-order valence-corrected chi connectivity index (χ1v) is 9.79. The number of esters is 2. The highest BCUT2D eigenvalue weighted by molar-refractivity contribution is 6.31. The van der Waals surface area contributed by atoms with Gasteiger partial charge in [0.15, 0.2) is 17.2 Å². The van der Waals surface area contributed by atoms with Gasteiger partial charge in [-0.2, -0.15) is 0 Å². The summed E-state index contributed by atoms with van der Waals surface area (Å²) in [5.41, 5.74) is 0.447. The fourth-order valence-electron chi connectivity index (χ4n) is 2.60. The second kappa shape index (κ2) is 11.8. The zero-order valence-electron chi connectivity index (χ0n) is 17.6. The highest BCUT2D eigenvalue weighted by Crippen LogP contribution is 2.29. The minimum atomic E-state index is -0.729. The standard InChI is InChI=1S/C21H22ClFN2O7/c1-12(8-14-4-5-15(23)9-16(14)22)32-18(27)10-25-21(28)19-20(31-11-30-13(2)26)17(29-3)6-7-24-19/h4-7,9,12H,8,10-11H2,1-3H3,(H,25,28). The molecule has 0 aliphatic carbocycles. The van der Waals surface area contributed by atoms with Gasteiger partial charge in [-0.1, -0.05) is 17.7 Å². The number of hydrogen-bond donors (Lipinski definition) is 1. The number of carbonyl (C=O) groups is 3. The first-order valence-electron chi connectivity index (χ1n) is 9.42. The number of carbonyl (C=O) groups excluding carboxylic acids is 3. The van der Waals surface area contributed by atoms with Crippen molar-refractivity contribution in [1.29, 1.82) is 0 Å². The Kier molecular flexibility index (Phi) is 9.21. The highest BCUT2D eigenvalue weighted by atomic mass is 35.5. The Bertz CT molecular complexity index is 987. The van der Waals surface area contributed by atoms with Crippen molar-refractivity contribution in [2.24, 2.45) is 0 Å². The van der Waals surface area contributed by atoms with Gasteiger partial charge in [0, 0.05) is 30.6 Å². The number of amides is 1. The maximum atomic E-state index is 13.1. The fraction of sp³-hybridized carbons (Fsp3) is 0.333. The van der Waals surface area contributed by atoms with Crippen molar-refractivity contribution >= 4 is 29.4 Å². The molecule has 1 aromatic heterocycles. The van der Waals surface area contributed by atoms with E-state index in [9.17, 15) is 18.8 Å². The number of rotatable bonds is 10. The molecule has 1 amide bonds. The molecule has 11 heteroatoms. The van der Waals surface area contributed by atoms with Gasteiger partial charge in [0.25, 0.3) is 5.91 Å². The van der Waals surface area contributed by atoms with Crippen molar-refractivity contribution in [3.05, 3.63) is 52.6 Å². The molecule has 1 heterocycles. The van der Waals surface area contributed by atoms with Crippen LogP contribution in [0.15, 0.2) is 30.5 Å². The number of hydrogen-bond acceptors (Lipinski definition) is 8. The number of ether oxygens (including phenoxy) is 4. The minimum absolute atomic E-state index is 0.0542. The summed E-state index contributed by atoms with van der Waals surface area (Å²) in [6.45, 7) is 1.95. The van der Waals surface area contributed by atoms with E-state index in [1.165, 1.54) is 44.5 Å². The van der Waals surface area contributed by atoms with E-state index in [0.29, 0.717) is 5.56 Å². The third kappa shape index (κ3) is 7.38. The van der Waals surface area contributed by atoms with Crippen molar-refractivity contribution in [3.8, 4) is 11.5 Å². The third-order valence-corrected chi connectivity index (χ3v) is 4.37. The Hall–Kier alpha value is -3.40. The molecule has 32 heavy (non-hydrogen) atoms. The average Bonchev–Trinajstić information content (AvgIpc) is 2.73. The normalized spacial score (nSPS) is 11.3. The van der Waals surface area contributed by atoms with Crippen LogP contribution >= 0.6 is 11.6 Å². The van der Waals surface area contributed by atoms with Crippen molar-refractivity contribution in [1.82, 2.24) is 10.3 Å². The third-order valence-electron chi connectivity index (χ3n) is 4.02. The molecule has 0 aliphatic heterocycles. The zero-order valence-corrected chi connectivity index (χ0v) is 18.4. The van der Waals surface area contributed by atoms with Crippen LogP contribution in [0.25, 0.3) is 0 Å². The number of aromatic nitrogens is 1. The van der Waals surface area contributed by atoms with Gasteiger partial charge in [0.1, 0.15) is 18.5 Å². The second-order valence-electron chi connectivity index (χ2n) is 6.51. The summed E-state index contributed by atoms with van der Waals surface area (Å²) in [7, 11) is 1.36. The Morgan fingerprint density at radius 3 is 2.66 bits per heavy atom. The van der Waals surface area contributed by atoms with Gasteiger partial charge >= 0.3 is 11.9 Å². The second-order valence-corrected chi connectivity index (χ2v) is 6.92. The van der Waals surface area contributed by atoms with E-state index in [1.54, 1.807) is 6.92 Å². The van der Waals surface area contributed by atoms with Gasteiger partial charge in [-0.3, -0.25) is 14.4 Å². The largest absolute Gasteiger partial charge is 0.493 e. The predicted octanol–water partition coefficient (Wildman–Crippen LogP) is 2.69. The zero-order chi connectivity index (χ0) is 23.7. The lowest BCUT2D eigenvalue weighted by atomic mass is 10.1. The highest BCUT2D eigenvalue weighted by Gasteiger charge is 2.21. The lowest BCUT2D eigenvalue weighted by molar-refractivity contribution is -0.148. The molecule has 1 aromatic carbocycles. The Balaban J connectivity index is 1.94. The molecule has 0 spiro atoms. The van der Waals surface area contributed by atoms with Crippen LogP contribution in [0.2, 0.25) is 5.02 Å². The van der Waals surface area contributed by atoms with Gasteiger partial charge in [-0.25, -0.2) is 9.37 Å². The van der Waals surface area contributed by atoms with E-state index in [0.717, 1.165) is 0 Å². The maximum Gasteiger partial charge on any atom is 0.325 e. The molecule has 9 nitrogen and oxygen atoms in total. The first kappa shape index (κ1) is 24.9. The summed E-state index contributed by atoms with van der Waals surface area (Å²) in [5.74, 6) is -2.33. The summed E-state index contributed by atoms with van der Waals surface area (Å²) in [6.07, 6.45) is 1.02. The Morgan fingerprint density at radius 2 is 2.00 bits per heavy atom. The van der Waals surface area contributed by atoms with Crippen LogP contribution in [0.4, 0.5) is 4.39 Å². The SMILES string of the molecule is COc1ccnc(C(=O)NCC(=O)OC(C)Cc2ccc(F)cc2Cl)c1OCOC(C)=O. The molecule has 0 aliphatic rings. The summed E-state index contributed by atoms with van der Waals surface area (Å²) in [6, 6.07) is 5.40. The van der Waals surface area contributed by atoms with Crippen LogP contribution in [0.5, 0.6) is 11.5 Å². The molecule has 2 aromatic rings. The summed E-state index contributed by atoms with van der Waals surface area (Å²) in [4.78, 5) is 39.5.